The van der Waals surface area contributed by atoms with Crippen molar-refractivity contribution in [2.75, 3.05) is 26.2 Å². The van der Waals surface area contributed by atoms with Gasteiger partial charge < -0.3 is 0 Å². The molecule has 1 saturated heterocycles. The molecule has 0 N–H and O–H groups in total. The molecule has 2 aromatic heterocycles. The molecular weight excluding hydrogens is 416 g/mol. The molecule has 0 radical (unpaired) electrons. The number of fused-ring (bicyclic) bond motifs is 1. The summed E-state index contributed by atoms with van der Waals surface area (Å²) in [5.41, 5.74) is 0.334. The third kappa shape index (κ3) is 3.67. The summed E-state index contributed by atoms with van der Waals surface area (Å²) in [6, 6.07) is 11.0. The van der Waals surface area contributed by atoms with Crippen molar-refractivity contribution in [2.24, 2.45) is 0 Å². The molecule has 3 heterocycles. The number of piperazine rings is 1. The van der Waals surface area contributed by atoms with E-state index >= 15 is 0 Å². The van der Waals surface area contributed by atoms with Crippen LogP contribution in [-0.4, -0.2) is 62.9 Å². The van der Waals surface area contributed by atoms with Gasteiger partial charge in [0, 0.05) is 38.4 Å². The summed E-state index contributed by atoms with van der Waals surface area (Å²) in [7, 11) is -3.94. The van der Waals surface area contributed by atoms with Gasteiger partial charge in [0.1, 0.15) is 0 Å². The SMILES string of the molecule is O=[N+]([O-])c1ccccc1S(=O)(=O)N1CCN(Cn2nc3ccccn3c2=S)CC1. The van der Waals surface area contributed by atoms with Gasteiger partial charge in [0.15, 0.2) is 10.5 Å². The van der Waals surface area contributed by atoms with E-state index in [0.29, 0.717) is 24.5 Å². The summed E-state index contributed by atoms with van der Waals surface area (Å²) in [4.78, 5) is 12.3. The number of para-hydroxylation sites is 1. The van der Waals surface area contributed by atoms with Crippen LogP contribution in [0.15, 0.2) is 53.6 Å². The van der Waals surface area contributed by atoms with Crippen molar-refractivity contribution in [2.45, 2.75) is 11.6 Å². The van der Waals surface area contributed by atoms with Gasteiger partial charge in [-0.3, -0.25) is 19.4 Å². The Labute approximate surface area is 171 Å². The van der Waals surface area contributed by atoms with Gasteiger partial charge in [0.2, 0.25) is 14.8 Å². The van der Waals surface area contributed by atoms with Crippen LogP contribution >= 0.6 is 12.2 Å². The highest BCUT2D eigenvalue weighted by molar-refractivity contribution is 7.89. The molecule has 0 bridgehead atoms. The fraction of sp³-hybridized carbons (Fsp3) is 0.294. The normalized spacial score (nSPS) is 16.3. The van der Waals surface area contributed by atoms with Crippen molar-refractivity contribution in [3.8, 4) is 0 Å². The quantitative estimate of drug-likeness (QED) is 0.342. The van der Waals surface area contributed by atoms with Crippen LogP contribution in [0.5, 0.6) is 0 Å². The summed E-state index contributed by atoms with van der Waals surface area (Å²) < 4.78 is 31.2. The molecule has 29 heavy (non-hydrogen) atoms. The number of hydrogen-bond donors (Lipinski definition) is 0. The number of rotatable bonds is 5. The highest BCUT2D eigenvalue weighted by Gasteiger charge is 2.33. The molecule has 1 aromatic carbocycles. The lowest BCUT2D eigenvalue weighted by Crippen LogP contribution is -2.49. The Kier molecular flexibility index (Phi) is 5.17. The van der Waals surface area contributed by atoms with Crippen molar-refractivity contribution in [1.82, 2.24) is 23.4 Å². The fourth-order valence-corrected chi connectivity index (χ4v) is 5.16. The van der Waals surface area contributed by atoms with E-state index in [4.69, 9.17) is 12.2 Å². The first-order valence-corrected chi connectivity index (χ1v) is 10.7. The lowest BCUT2D eigenvalue weighted by Gasteiger charge is -2.33. The average Bonchev–Trinajstić information content (AvgIpc) is 3.04. The number of nitro benzene ring substituents is 1. The van der Waals surface area contributed by atoms with Gasteiger partial charge in [0.05, 0.1) is 11.6 Å². The van der Waals surface area contributed by atoms with Crippen molar-refractivity contribution < 1.29 is 13.3 Å². The summed E-state index contributed by atoms with van der Waals surface area (Å²) in [5, 5.41) is 15.7. The molecule has 0 amide bonds. The lowest BCUT2D eigenvalue weighted by atomic mass is 10.3. The summed E-state index contributed by atoms with van der Waals surface area (Å²) in [6.07, 6.45) is 1.85. The third-order valence-corrected chi connectivity index (χ3v) is 7.19. The maximum Gasteiger partial charge on any atom is 0.289 e. The Bertz CT molecular complexity index is 1230. The van der Waals surface area contributed by atoms with E-state index in [0.717, 1.165) is 5.65 Å². The number of aromatic nitrogens is 3. The average molecular weight is 435 g/mol. The van der Waals surface area contributed by atoms with E-state index in [1.165, 1.54) is 28.6 Å². The lowest BCUT2D eigenvalue weighted by molar-refractivity contribution is -0.387. The van der Waals surface area contributed by atoms with Crippen LogP contribution in [0.2, 0.25) is 0 Å². The van der Waals surface area contributed by atoms with Gasteiger partial charge in [-0.1, -0.05) is 18.2 Å². The van der Waals surface area contributed by atoms with E-state index in [1.807, 2.05) is 33.7 Å². The van der Waals surface area contributed by atoms with Crippen molar-refractivity contribution in [3.05, 3.63) is 63.5 Å². The van der Waals surface area contributed by atoms with Crippen LogP contribution in [0.25, 0.3) is 5.65 Å². The molecule has 152 valence electrons. The van der Waals surface area contributed by atoms with Gasteiger partial charge in [-0.05, 0) is 30.4 Å². The minimum Gasteiger partial charge on any atom is -0.282 e. The van der Waals surface area contributed by atoms with Gasteiger partial charge in [0.25, 0.3) is 5.69 Å². The first-order valence-electron chi connectivity index (χ1n) is 8.88. The Hall–Kier alpha value is -2.67. The highest BCUT2D eigenvalue weighted by atomic mass is 32.2. The first kappa shape index (κ1) is 19.6. The van der Waals surface area contributed by atoms with E-state index in [-0.39, 0.29) is 18.0 Å². The number of nitro groups is 1. The molecule has 4 rings (SSSR count). The van der Waals surface area contributed by atoms with E-state index < -0.39 is 20.6 Å². The zero-order chi connectivity index (χ0) is 20.6. The van der Waals surface area contributed by atoms with Crippen LogP contribution in [0.4, 0.5) is 5.69 Å². The van der Waals surface area contributed by atoms with Crippen LogP contribution in [0.1, 0.15) is 0 Å². The van der Waals surface area contributed by atoms with Gasteiger partial charge >= 0.3 is 0 Å². The first-order chi connectivity index (χ1) is 13.9. The largest absolute Gasteiger partial charge is 0.289 e. The number of sulfonamides is 1. The van der Waals surface area contributed by atoms with Crippen molar-refractivity contribution >= 4 is 33.6 Å². The zero-order valence-electron chi connectivity index (χ0n) is 15.3. The van der Waals surface area contributed by atoms with Gasteiger partial charge in [-0.2, -0.15) is 9.40 Å². The second-order valence-electron chi connectivity index (χ2n) is 6.60. The number of pyridine rings is 1. The minimum atomic E-state index is -3.94. The highest BCUT2D eigenvalue weighted by Crippen LogP contribution is 2.27. The topological polar surface area (TPSA) is 106 Å². The number of benzene rings is 1. The molecule has 12 heteroatoms. The van der Waals surface area contributed by atoms with Crippen molar-refractivity contribution in [1.29, 1.82) is 0 Å². The Morgan fingerprint density at radius 3 is 2.45 bits per heavy atom. The Morgan fingerprint density at radius 1 is 1.07 bits per heavy atom. The summed E-state index contributed by atoms with van der Waals surface area (Å²) in [5.74, 6) is 0. The summed E-state index contributed by atoms with van der Waals surface area (Å²) in [6.45, 7) is 1.84. The number of nitrogens with zero attached hydrogens (tertiary/aromatic N) is 6. The van der Waals surface area contributed by atoms with E-state index in [2.05, 4.69) is 5.10 Å². The van der Waals surface area contributed by atoms with Crippen molar-refractivity contribution in [3.63, 3.8) is 0 Å². The standard InChI is InChI=1S/C17H18N6O4S2/c24-23(25)14-5-1-2-6-15(14)29(26,27)20-11-9-19(10-12-20)13-22-17(28)21-8-4-3-7-16(21)18-22/h1-8H,9-13H2. The maximum absolute atomic E-state index is 12.9. The molecule has 0 unspecified atom stereocenters. The predicted molar refractivity (Wildman–Crippen MR) is 107 cm³/mol. The zero-order valence-corrected chi connectivity index (χ0v) is 16.9. The molecule has 3 aromatic rings. The molecule has 10 nitrogen and oxygen atoms in total. The van der Waals surface area contributed by atoms with E-state index in [1.54, 1.807) is 4.68 Å². The fourth-order valence-electron chi connectivity index (χ4n) is 3.33. The summed E-state index contributed by atoms with van der Waals surface area (Å²) >= 11 is 5.45. The predicted octanol–water partition coefficient (Wildman–Crippen LogP) is 1.74. The molecule has 1 aliphatic rings. The molecule has 0 aliphatic carbocycles. The number of hydrogen-bond acceptors (Lipinski definition) is 7. The molecule has 1 fully saturated rings. The smallest absolute Gasteiger partial charge is 0.282 e. The minimum absolute atomic E-state index is 0.231. The Morgan fingerprint density at radius 2 is 1.76 bits per heavy atom. The second-order valence-corrected chi connectivity index (χ2v) is 8.87. The van der Waals surface area contributed by atoms with E-state index in [9.17, 15) is 18.5 Å². The van der Waals surface area contributed by atoms with Gasteiger partial charge in [-0.15, -0.1) is 0 Å². The third-order valence-electron chi connectivity index (χ3n) is 4.83. The molecule has 0 saturated carbocycles. The van der Waals surface area contributed by atoms with Crippen LogP contribution < -0.4 is 0 Å². The van der Waals surface area contributed by atoms with Crippen LogP contribution in [0, 0.1) is 14.9 Å². The van der Waals surface area contributed by atoms with Crippen LogP contribution in [0.3, 0.4) is 0 Å². The molecule has 0 atom stereocenters. The monoisotopic (exact) mass is 434 g/mol. The Balaban J connectivity index is 1.48. The molecule has 0 spiro atoms. The van der Waals surface area contributed by atoms with Crippen LogP contribution in [-0.2, 0) is 16.7 Å². The van der Waals surface area contributed by atoms with Gasteiger partial charge in [-0.25, -0.2) is 13.1 Å². The maximum atomic E-state index is 12.9. The second kappa shape index (κ2) is 7.63. The molecule has 1 aliphatic heterocycles. The molecular formula is C17H18N6O4S2.